The van der Waals surface area contributed by atoms with E-state index in [2.05, 4.69) is 15.6 Å². The van der Waals surface area contributed by atoms with Gasteiger partial charge in [-0.3, -0.25) is 14.9 Å². The van der Waals surface area contributed by atoms with Crippen molar-refractivity contribution in [1.82, 2.24) is 9.55 Å². The van der Waals surface area contributed by atoms with Crippen molar-refractivity contribution in [1.29, 1.82) is 5.26 Å². The van der Waals surface area contributed by atoms with Crippen molar-refractivity contribution in [2.45, 2.75) is 45.1 Å². The lowest BCUT2D eigenvalue weighted by Crippen LogP contribution is -2.27. The second kappa shape index (κ2) is 10.9. The van der Waals surface area contributed by atoms with Crippen LogP contribution in [0.25, 0.3) is 11.0 Å². The molecule has 1 aromatic heterocycles. The highest BCUT2D eigenvalue weighted by atomic mass is 16.2. The first-order valence-electron chi connectivity index (χ1n) is 12.0. The van der Waals surface area contributed by atoms with Crippen molar-refractivity contribution in [2.75, 3.05) is 22.6 Å². The molecule has 186 valence electrons. The van der Waals surface area contributed by atoms with Crippen molar-refractivity contribution in [3.8, 4) is 6.07 Å². The van der Waals surface area contributed by atoms with Gasteiger partial charge in [-0.25, -0.2) is 9.78 Å². The van der Waals surface area contributed by atoms with Gasteiger partial charge in [-0.1, -0.05) is 18.9 Å². The Hall–Kier alpha value is -4.39. The number of nitriles is 1. The van der Waals surface area contributed by atoms with Gasteiger partial charge in [0.25, 0.3) is 0 Å². The Morgan fingerprint density at radius 1 is 1.17 bits per heavy atom. The number of aromatic nitrogens is 2. The van der Waals surface area contributed by atoms with Gasteiger partial charge in [0.1, 0.15) is 0 Å². The number of rotatable bonds is 8. The highest BCUT2D eigenvalue weighted by Crippen LogP contribution is 2.30. The summed E-state index contributed by atoms with van der Waals surface area (Å²) in [4.78, 5) is 43.1. The van der Waals surface area contributed by atoms with E-state index in [4.69, 9.17) is 11.0 Å². The Labute approximate surface area is 209 Å². The van der Waals surface area contributed by atoms with E-state index in [1.165, 1.54) is 12.8 Å². The summed E-state index contributed by atoms with van der Waals surface area (Å²) in [6.07, 6.45) is 5.16. The molecule has 36 heavy (non-hydrogen) atoms. The van der Waals surface area contributed by atoms with Crippen LogP contribution in [0.2, 0.25) is 0 Å². The van der Waals surface area contributed by atoms with Gasteiger partial charge >= 0.3 is 6.03 Å². The molecule has 0 spiro atoms. The third-order valence-electron chi connectivity index (χ3n) is 6.49. The number of urea groups is 1. The van der Waals surface area contributed by atoms with Crippen LogP contribution in [0.4, 0.5) is 22.1 Å². The van der Waals surface area contributed by atoms with Gasteiger partial charge < -0.3 is 20.5 Å². The summed E-state index contributed by atoms with van der Waals surface area (Å²) < 4.78 is 1.70. The SMILES string of the molecule is CN(C(=O)CC1CCCC1)c1ccc2c(c1)nc(NC(=O)Nc1cccc(C#N)c1)n2CCC(N)=O. The van der Waals surface area contributed by atoms with Crippen LogP contribution in [-0.2, 0) is 16.1 Å². The number of imidazole rings is 1. The average molecular weight is 488 g/mol. The number of anilines is 3. The standard InChI is InChI=1S/C26H29N7O3/c1-32(24(35)14-17-5-2-3-6-17)20-9-10-22-21(15-20)30-25(33(22)12-11-23(28)34)31-26(36)29-19-8-4-7-18(13-19)16-27/h4,7-10,13,15,17H,2-3,5-6,11-12,14H2,1H3,(H2,28,34)(H2,29,30,31,36). The molecule has 3 aromatic rings. The van der Waals surface area contributed by atoms with E-state index in [0.29, 0.717) is 40.3 Å². The predicted octanol–water partition coefficient (Wildman–Crippen LogP) is 3.97. The van der Waals surface area contributed by atoms with E-state index in [9.17, 15) is 14.4 Å². The van der Waals surface area contributed by atoms with Gasteiger partial charge in [0.2, 0.25) is 17.8 Å². The average Bonchev–Trinajstić information content (AvgIpc) is 3.49. The zero-order chi connectivity index (χ0) is 25.7. The highest BCUT2D eigenvalue weighted by molar-refractivity contribution is 6.00. The highest BCUT2D eigenvalue weighted by Gasteiger charge is 2.22. The molecule has 0 saturated heterocycles. The number of nitrogens with two attached hydrogens (primary N) is 1. The number of hydrogen-bond donors (Lipinski definition) is 3. The molecule has 4 rings (SSSR count). The third-order valence-corrected chi connectivity index (χ3v) is 6.49. The fourth-order valence-corrected chi connectivity index (χ4v) is 4.54. The van der Waals surface area contributed by atoms with Gasteiger partial charge in [-0.15, -0.1) is 0 Å². The number of carbonyl (C=O) groups is 3. The van der Waals surface area contributed by atoms with Crippen LogP contribution in [0.3, 0.4) is 0 Å². The summed E-state index contributed by atoms with van der Waals surface area (Å²) in [5.41, 5.74) is 8.19. The Morgan fingerprint density at radius 2 is 1.94 bits per heavy atom. The quantitative estimate of drug-likeness (QED) is 0.440. The number of primary amides is 1. The van der Waals surface area contributed by atoms with Crippen LogP contribution in [0.5, 0.6) is 0 Å². The maximum Gasteiger partial charge on any atom is 0.326 e. The molecule has 10 heteroatoms. The molecule has 0 aliphatic heterocycles. The number of fused-ring (bicyclic) bond motifs is 1. The van der Waals surface area contributed by atoms with Crippen molar-refractivity contribution in [2.24, 2.45) is 11.7 Å². The van der Waals surface area contributed by atoms with Crippen LogP contribution in [0, 0.1) is 17.2 Å². The van der Waals surface area contributed by atoms with Crippen molar-refractivity contribution in [3.05, 3.63) is 48.0 Å². The monoisotopic (exact) mass is 487 g/mol. The molecule has 1 fully saturated rings. The van der Waals surface area contributed by atoms with Crippen LogP contribution < -0.4 is 21.3 Å². The second-order valence-electron chi connectivity index (χ2n) is 9.06. The lowest BCUT2D eigenvalue weighted by Gasteiger charge is -2.19. The van der Waals surface area contributed by atoms with E-state index < -0.39 is 11.9 Å². The predicted molar refractivity (Wildman–Crippen MR) is 137 cm³/mol. The fraction of sp³-hybridized carbons (Fsp3) is 0.346. The van der Waals surface area contributed by atoms with E-state index in [-0.39, 0.29) is 24.8 Å². The lowest BCUT2D eigenvalue weighted by atomic mass is 10.0. The molecular formula is C26H29N7O3. The third kappa shape index (κ3) is 5.81. The van der Waals surface area contributed by atoms with Crippen molar-refractivity contribution >= 4 is 46.2 Å². The fourth-order valence-electron chi connectivity index (χ4n) is 4.54. The van der Waals surface area contributed by atoms with Gasteiger partial charge in [-0.05, 0) is 55.2 Å². The van der Waals surface area contributed by atoms with Crippen LogP contribution >= 0.6 is 0 Å². The summed E-state index contributed by atoms with van der Waals surface area (Å²) in [5, 5.41) is 14.5. The Balaban J connectivity index is 1.56. The van der Waals surface area contributed by atoms with Gasteiger partial charge in [0, 0.05) is 37.8 Å². The summed E-state index contributed by atoms with van der Waals surface area (Å²) in [7, 11) is 1.75. The summed E-state index contributed by atoms with van der Waals surface area (Å²) in [6.45, 7) is 0.223. The van der Waals surface area contributed by atoms with E-state index >= 15 is 0 Å². The first kappa shape index (κ1) is 24.7. The normalized spacial score (nSPS) is 13.3. The zero-order valence-electron chi connectivity index (χ0n) is 20.2. The van der Waals surface area contributed by atoms with Crippen LogP contribution in [0.1, 0.15) is 44.1 Å². The molecule has 4 amide bonds. The number of hydrogen-bond acceptors (Lipinski definition) is 5. The van der Waals surface area contributed by atoms with Gasteiger partial charge in [-0.2, -0.15) is 5.26 Å². The van der Waals surface area contributed by atoms with Crippen molar-refractivity contribution < 1.29 is 14.4 Å². The lowest BCUT2D eigenvalue weighted by molar-refractivity contribution is -0.119. The second-order valence-corrected chi connectivity index (χ2v) is 9.06. The molecule has 1 saturated carbocycles. The minimum absolute atomic E-state index is 0.0618. The van der Waals surface area contributed by atoms with Crippen LogP contribution in [0.15, 0.2) is 42.5 Å². The molecule has 4 N–H and O–H groups in total. The van der Waals surface area contributed by atoms with E-state index in [0.717, 1.165) is 12.8 Å². The number of aryl methyl sites for hydroxylation is 1. The number of carbonyl (C=O) groups excluding carboxylic acids is 3. The largest absolute Gasteiger partial charge is 0.370 e. The number of nitrogens with zero attached hydrogens (tertiary/aromatic N) is 4. The smallest absolute Gasteiger partial charge is 0.326 e. The molecule has 1 aliphatic rings. The topological polar surface area (TPSA) is 146 Å². The molecule has 0 unspecified atom stereocenters. The number of benzene rings is 2. The molecule has 0 bridgehead atoms. The van der Waals surface area contributed by atoms with Crippen LogP contribution in [-0.4, -0.2) is 34.4 Å². The summed E-state index contributed by atoms with van der Waals surface area (Å²) in [6, 6.07) is 13.4. The number of nitrogens with one attached hydrogen (secondary N) is 2. The molecule has 0 atom stereocenters. The summed E-state index contributed by atoms with van der Waals surface area (Å²) in [5.74, 6) is 0.262. The van der Waals surface area contributed by atoms with Gasteiger partial charge in [0.05, 0.1) is 22.7 Å². The minimum Gasteiger partial charge on any atom is -0.370 e. The Morgan fingerprint density at radius 3 is 2.67 bits per heavy atom. The van der Waals surface area contributed by atoms with Gasteiger partial charge in [0.15, 0.2) is 0 Å². The number of amides is 4. The zero-order valence-corrected chi connectivity index (χ0v) is 20.2. The molecular weight excluding hydrogens is 458 g/mol. The maximum absolute atomic E-state index is 12.8. The molecule has 1 aliphatic carbocycles. The first-order chi connectivity index (χ1) is 17.3. The Kier molecular flexibility index (Phi) is 7.49. The maximum atomic E-state index is 12.8. The van der Waals surface area contributed by atoms with E-state index in [1.54, 1.807) is 46.8 Å². The summed E-state index contributed by atoms with van der Waals surface area (Å²) >= 11 is 0. The molecule has 10 nitrogen and oxygen atoms in total. The molecule has 0 radical (unpaired) electrons. The minimum atomic E-state index is -0.551. The molecule has 2 aromatic carbocycles. The van der Waals surface area contributed by atoms with E-state index in [1.807, 2.05) is 18.2 Å². The Bertz CT molecular complexity index is 1340. The molecule has 1 heterocycles. The first-order valence-corrected chi connectivity index (χ1v) is 12.0. The van der Waals surface area contributed by atoms with Crippen molar-refractivity contribution in [3.63, 3.8) is 0 Å².